The molecule has 0 fully saturated rings. The molecule has 2 nitrogen and oxygen atoms in total. The molecule has 0 aliphatic heterocycles. The Balaban J connectivity index is 2.87. The number of benzene rings is 1. The third-order valence-electron chi connectivity index (χ3n) is 1.78. The van der Waals surface area contributed by atoms with Crippen molar-refractivity contribution >= 4 is 33.0 Å². The minimum Gasteiger partial charge on any atom is -0.384 e. The summed E-state index contributed by atoms with van der Waals surface area (Å²) in [7, 11) is 0. The third kappa shape index (κ3) is 3.05. The van der Waals surface area contributed by atoms with E-state index in [4.69, 9.17) is 8.85 Å². The van der Waals surface area contributed by atoms with Crippen LogP contribution in [0.3, 0.4) is 0 Å². The topological polar surface area (TPSA) is 18.5 Å². The maximum Gasteiger partial charge on any atom is 0.442 e. The summed E-state index contributed by atoms with van der Waals surface area (Å²) in [6, 6.07) is 8.04. The van der Waals surface area contributed by atoms with E-state index >= 15 is 0 Å². The Kier molecular flexibility index (Phi) is 5.08. The van der Waals surface area contributed by atoms with E-state index < -0.39 is 6.06 Å². The molecule has 0 aromatic heterocycles. The van der Waals surface area contributed by atoms with Crippen LogP contribution in [0.2, 0.25) is 0 Å². The summed E-state index contributed by atoms with van der Waals surface area (Å²) < 4.78 is 11.5. The molecule has 0 radical (unpaired) electrons. The van der Waals surface area contributed by atoms with Gasteiger partial charge in [0, 0.05) is 18.4 Å². The first-order valence-corrected chi connectivity index (χ1v) is 9.68. The number of hydrogen-bond acceptors (Lipinski definition) is 2. The maximum absolute atomic E-state index is 5.76. The van der Waals surface area contributed by atoms with Crippen LogP contribution in [0.25, 0.3) is 0 Å². The van der Waals surface area contributed by atoms with Crippen molar-refractivity contribution in [2.75, 3.05) is 13.2 Å². The van der Waals surface area contributed by atoms with E-state index in [1.54, 1.807) is 0 Å². The van der Waals surface area contributed by atoms with E-state index in [-0.39, 0.29) is 0 Å². The van der Waals surface area contributed by atoms with E-state index in [9.17, 15) is 0 Å². The average Bonchev–Trinajstić information content (AvgIpc) is 2.20. The van der Waals surface area contributed by atoms with Crippen LogP contribution in [0.1, 0.15) is 13.8 Å². The van der Waals surface area contributed by atoms with E-state index in [1.807, 2.05) is 32.0 Å². The van der Waals surface area contributed by atoms with Crippen molar-refractivity contribution in [2.45, 2.75) is 13.8 Å². The largest absolute Gasteiger partial charge is 0.442 e. The predicted octanol–water partition coefficient (Wildman–Crippen LogP) is 2.34. The van der Waals surface area contributed by atoms with Crippen molar-refractivity contribution in [1.82, 2.24) is 0 Å². The first-order valence-electron chi connectivity index (χ1n) is 4.75. The zero-order valence-electron chi connectivity index (χ0n) is 8.50. The molecule has 0 bridgehead atoms. The molecule has 1 rings (SSSR count). The number of halogens is 1. The summed E-state index contributed by atoms with van der Waals surface area (Å²) in [4.78, 5) is 0. The summed E-state index contributed by atoms with van der Waals surface area (Å²) in [5, 5.41) is 1.18. The normalized spacial score (nSPS) is 11.6. The molecule has 0 aliphatic rings. The van der Waals surface area contributed by atoms with Gasteiger partial charge in [0.15, 0.2) is 0 Å². The third-order valence-corrected chi connectivity index (χ3v) is 7.86. The van der Waals surface area contributed by atoms with Crippen LogP contribution in [-0.2, 0) is 8.85 Å². The lowest BCUT2D eigenvalue weighted by atomic mass is 10.4. The molecule has 0 amide bonds. The Morgan fingerprint density at radius 2 is 1.57 bits per heavy atom. The Hall–Kier alpha value is 0.0869. The molecule has 0 heterocycles. The van der Waals surface area contributed by atoms with E-state index in [0.29, 0.717) is 13.2 Å². The lowest BCUT2D eigenvalue weighted by Gasteiger charge is -2.23. The summed E-state index contributed by atoms with van der Waals surface area (Å²) >= 11 is 2.34. The van der Waals surface area contributed by atoms with E-state index in [0.717, 1.165) is 0 Å². The standard InChI is InChI=1S/C10H15IO2Si/c1-3-12-14(11,13-4-2)10-8-6-5-7-9-10/h5-9H,3-4H2,1-2H3. The molecule has 0 atom stereocenters. The minimum atomic E-state index is -2.16. The summed E-state index contributed by atoms with van der Waals surface area (Å²) in [5.74, 6) is 0. The van der Waals surface area contributed by atoms with Crippen LogP contribution < -0.4 is 5.19 Å². The zero-order chi connectivity index (χ0) is 10.4. The number of hydrogen-bond donors (Lipinski definition) is 0. The van der Waals surface area contributed by atoms with Gasteiger partial charge in [-0.15, -0.1) is 0 Å². The van der Waals surface area contributed by atoms with E-state index in [1.165, 1.54) is 5.19 Å². The van der Waals surface area contributed by atoms with Gasteiger partial charge >= 0.3 is 6.06 Å². The molecule has 0 spiro atoms. The molecule has 1 aromatic carbocycles. The Morgan fingerprint density at radius 3 is 2.00 bits per heavy atom. The minimum absolute atomic E-state index is 0.698. The van der Waals surface area contributed by atoms with Gasteiger partial charge in [-0.2, -0.15) is 0 Å². The zero-order valence-corrected chi connectivity index (χ0v) is 11.7. The molecule has 78 valence electrons. The van der Waals surface area contributed by atoms with Gasteiger partial charge in [0.2, 0.25) is 0 Å². The second-order valence-electron chi connectivity index (χ2n) is 2.77. The Bertz CT molecular complexity index is 260. The molecule has 4 heteroatoms. The van der Waals surface area contributed by atoms with Gasteiger partial charge in [-0.3, -0.25) is 0 Å². The van der Waals surface area contributed by atoms with Gasteiger partial charge in [0.1, 0.15) is 0 Å². The van der Waals surface area contributed by atoms with Gasteiger partial charge in [-0.05, 0) is 35.6 Å². The monoisotopic (exact) mass is 322 g/mol. The first-order chi connectivity index (χ1) is 6.73. The van der Waals surface area contributed by atoms with Crippen LogP contribution >= 0.6 is 21.8 Å². The molecule has 0 aliphatic carbocycles. The highest BCUT2D eigenvalue weighted by Gasteiger charge is 2.36. The fraction of sp³-hybridized carbons (Fsp3) is 0.400. The van der Waals surface area contributed by atoms with Gasteiger partial charge in [0.25, 0.3) is 0 Å². The lowest BCUT2D eigenvalue weighted by Crippen LogP contribution is -2.48. The lowest BCUT2D eigenvalue weighted by molar-refractivity contribution is 0.221. The average molecular weight is 322 g/mol. The highest BCUT2D eigenvalue weighted by Crippen LogP contribution is 2.16. The summed E-state index contributed by atoms with van der Waals surface area (Å²) in [6.07, 6.45) is 0. The highest BCUT2D eigenvalue weighted by atomic mass is 127. The van der Waals surface area contributed by atoms with Crippen molar-refractivity contribution in [3.63, 3.8) is 0 Å². The van der Waals surface area contributed by atoms with Crippen LogP contribution in [0.5, 0.6) is 0 Å². The van der Waals surface area contributed by atoms with Gasteiger partial charge in [0.05, 0.1) is 0 Å². The Morgan fingerprint density at radius 1 is 1.07 bits per heavy atom. The smallest absolute Gasteiger partial charge is 0.384 e. The van der Waals surface area contributed by atoms with Gasteiger partial charge in [-0.1, -0.05) is 30.3 Å². The molecular weight excluding hydrogens is 307 g/mol. The molecular formula is C10H15IO2Si. The second kappa shape index (κ2) is 5.84. The molecule has 0 saturated heterocycles. The van der Waals surface area contributed by atoms with Crippen molar-refractivity contribution in [1.29, 1.82) is 0 Å². The number of rotatable bonds is 5. The molecule has 1 aromatic rings. The second-order valence-corrected chi connectivity index (χ2v) is 9.26. The molecule has 14 heavy (non-hydrogen) atoms. The van der Waals surface area contributed by atoms with Crippen LogP contribution in [-0.4, -0.2) is 19.3 Å². The summed E-state index contributed by atoms with van der Waals surface area (Å²) in [5.41, 5.74) is 0. The molecule has 0 saturated carbocycles. The predicted molar refractivity (Wildman–Crippen MR) is 69.1 cm³/mol. The van der Waals surface area contributed by atoms with Crippen LogP contribution in [0.4, 0.5) is 0 Å². The summed E-state index contributed by atoms with van der Waals surface area (Å²) in [6.45, 7) is 5.40. The van der Waals surface area contributed by atoms with Crippen LogP contribution in [0.15, 0.2) is 30.3 Å². The fourth-order valence-corrected chi connectivity index (χ4v) is 5.91. The van der Waals surface area contributed by atoms with Gasteiger partial charge < -0.3 is 8.85 Å². The van der Waals surface area contributed by atoms with E-state index in [2.05, 4.69) is 33.9 Å². The SMILES string of the molecule is CCO[Si](I)(OCC)c1ccccc1. The quantitative estimate of drug-likeness (QED) is 0.471. The highest BCUT2D eigenvalue weighted by molar-refractivity contribution is 14.1. The maximum atomic E-state index is 5.76. The first kappa shape index (κ1) is 12.2. The van der Waals surface area contributed by atoms with Crippen molar-refractivity contribution in [3.05, 3.63) is 30.3 Å². The fourth-order valence-electron chi connectivity index (χ4n) is 1.22. The van der Waals surface area contributed by atoms with Crippen molar-refractivity contribution < 1.29 is 8.85 Å². The molecule has 0 unspecified atom stereocenters. The van der Waals surface area contributed by atoms with Crippen molar-refractivity contribution in [2.24, 2.45) is 0 Å². The van der Waals surface area contributed by atoms with Crippen molar-refractivity contribution in [3.8, 4) is 0 Å². The van der Waals surface area contributed by atoms with Gasteiger partial charge in [-0.25, -0.2) is 0 Å². The Labute approximate surface area is 99.1 Å². The van der Waals surface area contributed by atoms with Crippen LogP contribution in [0, 0.1) is 0 Å². The molecule has 0 N–H and O–H groups in total.